The van der Waals surface area contributed by atoms with Crippen LogP contribution in [0.2, 0.25) is 0 Å². The van der Waals surface area contributed by atoms with E-state index in [1.807, 2.05) is 24.3 Å². The molecule has 1 aromatic heterocycles. The van der Waals surface area contributed by atoms with E-state index in [1.165, 1.54) is 9.60 Å². The van der Waals surface area contributed by atoms with Crippen molar-refractivity contribution in [2.75, 3.05) is 6.26 Å². The van der Waals surface area contributed by atoms with Crippen molar-refractivity contribution in [3.05, 3.63) is 65.0 Å². The Morgan fingerprint density at radius 3 is 2.53 bits per heavy atom. The van der Waals surface area contributed by atoms with Crippen LogP contribution in [0.4, 0.5) is 0 Å². The number of aliphatic hydroxyl groups is 1. The van der Waals surface area contributed by atoms with E-state index in [9.17, 15) is 5.11 Å². The van der Waals surface area contributed by atoms with Crippen LogP contribution in [0.1, 0.15) is 17.2 Å². The number of thiophene rings is 1. The molecule has 19 heavy (non-hydrogen) atoms. The minimum Gasteiger partial charge on any atom is -0.384 e. The second-order valence-electron chi connectivity index (χ2n) is 4.36. The summed E-state index contributed by atoms with van der Waals surface area (Å²) in [4.78, 5) is 1.21. The summed E-state index contributed by atoms with van der Waals surface area (Å²) in [5, 5.41) is 13.7. The molecule has 0 spiro atoms. The van der Waals surface area contributed by atoms with Crippen molar-refractivity contribution in [3.63, 3.8) is 0 Å². The molecule has 3 heteroatoms. The first-order valence-electron chi connectivity index (χ1n) is 6.08. The molecule has 0 aliphatic carbocycles. The highest BCUT2D eigenvalue weighted by molar-refractivity contribution is 7.98. The molecular formula is C16H14OS2. The molecule has 0 saturated carbocycles. The number of benzene rings is 2. The summed E-state index contributed by atoms with van der Waals surface area (Å²) in [5.74, 6) is 0. The number of hydrogen-bond donors (Lipinski definition) is 1. The Labute approximate surface area is 120 Å². The monoisotopic (exact) mass is 286 g/mol. The SMILES string of the molecule is CSc1ccc(C(O)c2csc3ccccc23)cc1. The van der Waals surface area contributed by atoms with Crippen molar-refractivity contribution in [2.45, 2.75) is 11.0 Å². The fourth-order valence-electron chi connectivity index (χ4n) is 2.18. The third-order valence-corrected chi connectivity index (χ3v) is 4.96. The number of hydrogen-bond acceptors (Lipinski definition) is 3. The number of fused-ring (bicyclic) bond motifs is 1. The normalized spacial score (nSPS) is 12.7. The number of thioether (sulfide) groups is 1. The molecular weight excluding hydrogens is 272 g/mol. The Morgan fingerprint density at radius 2 is 1.79 bits per heavy atom. The first-order valence-corrected chi connectivity index (χ1v) is 8.18. The average Bonchev–Trinajstić information content (AvgIpc) is 2.90. The Kier molecular flexibility index (Phi) is 3.60. The molecule has 0 bridgehead atoms. The second-order valence-corrected chi connectivity index (χ2v) is 6.15. The van der Waals surface area contributed by atoms with Gasteiger partial charge < -0.3 is 5.11 Å². The van der Waals surface area contributed by atoms with Crippen molar-refractivity contribution in [1.82, 2.24) is 0 Å². The smallest absolute Gasteiger partial charge is 0.105 e. The predicted molar refractivity (Wildman–Crippen MR) is 84.1 cm³/mol. The lowest BCUT2D eigenvalue weighted by Crippen LogP contribution is -1.98. The summed E-state index contributed by atoms with van der Waals surface area (Å²) >= 11 is 3.39. The highest BCUT2D eigenvalue weighted by Crippen LogP contribution is 2.33. The van der Waals surface area contributed by atoms with Gasteiger partial charge in [-0.15, -0.1) is 23.1 Å². The van der Waals surface area contributed by atoms with E-state index in [0.717, 1.165) is 16.5 Å². The van der Waals surface area contributed by atoms with Gasteiger partial charge >= 0.3 is 0 Å². The summed E-state index contributed by atoms with van der Waals surface area (Å²) in [6.07, 6.45) is 1.50. The predicted octanol–water partition coefficient (Wildman–Crippen LogP) is 4.70. The van der Waals surface area contributed by atoms with Crippen molar-refractivity contribution in [1.29, 1.82) is 0 Å². The van der Waals surface area contributed by atoms with E-state index >= 15 is 0 Å². The minimum atomic E-state index is -0.549. The maximum atomic E-state index is 10.5. The fourth-order valence-corrected chi connectivity index (χ4v) is 3.56. The first kappa shape index (κ1) is 12.7. The van der Waals surface area contributed by atoms with E-state index in [-0.39, 0.29) is 0 Å². The Hall–Kier alpha value is -1.29. The molecule has 1 heterocycles. The maximum Gasteiger partial charge on any atom is 0.105 e. The molecule has 0 aliphatic rings. The standard InChI is InChI=1S/C16H14OS2/c1-18-12-8-6-11(7-9-12)16(17)14-10-19-15-5-3-2-4-13(14)15/h2-10,16-17H,1H3. The van der Waals surface area contributed by atoms with Gasteiger partial charge in [-0.1, -0.05) is 30.3 Å². The molecule has 1 N–H and O–H groups in total. The van der Waals surface area contributed by atoms with Crippen LogP contribution < -0.4 is 0 Å². The Bertz CT molecular complexity index is 685. The van der Waals surface area contributed by atoms with E-state index < -0.39 is 6.10 Å². The molecule has 1 nitrogen and oxygen atoms in total. The van der Waals surface area contributed by atoms with E-state index in [2.05, 4.69) is 35.9 Å². The van der Waals surface area contributed by atoms with Gasteiger partial charge in [0, 0.05) is 15.2 Å². The first-order chi connectivity index (χ1) is 9.29. The molecule has 96 valence electrons. The summed E-state index contributed by atoms with van der Waals surface area (Å²) in [5.41, 5.74) is 1.94. The van der Waals surface area contributed by atoms with Crippen LogP contribution >= 0.6 is 23.1 Å². The lowest BCUT2D eigenvalue weighted by Gasteiger charge is -2.11. The summed E-state index contributed by atoms with van der Waals surface area (Å²) in [6, 6.07) is 16.3. The van der Waals surface area contributed by atoms with Gasteiger partial charge in [0.1, 0.15) is 6.10 Å². The van der Waals surface area contributed by atoms with Crippen LogP contribution in [0.3, 0.4) is 0 Å². The molecule has 3 aromatic rings. The maximum absolute atomic E-state index is 10.5. The van der Waals surface area contributed by atoms with Gasteiger partial charge in [-0.25, -0.2) is 0 Å². The molecule has 0 radical (unpaired) electrons. The van der Waals surface area contributed by atoms with Gasteiger partial charge in [-0.3, -0.25) is 0 Å². The summed E-state index contributed by atoms with van der Waals surface area (Å²) < 4.78 is 1.22. The largest absolute Gasteiger partial charge is 0.384 e. The molecule has 0 aliphatic heterocycles. The van der Waals surface area contributed by atoms with Gasteiger partial charge in [0.2, 0.25) is 0 Å². The summed E-state index contributed by atoms with van der Waals surface area (Å²) in [7, 11) is 0. The molecule has 3 rings (SSSR count). The quantitative estimate of drug-likeness (QED) is 0.704. The second kappa shape index (κ2) is 5.37. The van der Waals surface area contributed by atoms with Crippen molar-refractivity contribution in [2.24, 2.45) is 0 Å². The average molecular weight is 286 g/mol. The third kappa shape index (κ3) is 2.41. The molecule has 0 fully saturated rings. The van der Waals surface area contributed by atoms with Crippen LogP contribution in [-0.2, 0) is 0 Å². The number of aliphatic hydroxyl groups excluding tert-OH is 1. The van der Waals surface area contributed by atoms with E-state index in [0.29, 0.717) is 0 Å². The van der Waals surface area contributed by atoms with Gasteiger partial charge in [0.15, 0.2) is 0 Å². The van der Waals surface area contributed by atoms with Crippen LogP contribution in [0.5, 0.6) is 0 Å². The molecule has 0 amide bonds. The van der Waals surface area contributed by atoms with Crippen LogP contribution in [0.25, 0.3) is 10.1 Å². The van der Waals surface area contributed by atoms with E-state index in [1.54, 1.807) is 23.1 Å². The highest BCUT2D eigenvalue weighted by atomic mass is 32.2. The van der Waals surface area contributed by atoms with Crippen molar-refractivity contribution >= 4 is 33.2 Å². The zero-order valence-corrected chi connectivity index (χ0v) is 12.2. The minimum absolute atomic E-state index is 0.549. The van der Waals surface area contributed by atoms with Gasteiger partial charge in [0.05, 0.1) is 0 Å². The Morgan fingerprint density at radius 1 is 1.05 bits per heavy atom. The van der Waals surface area contributed by atoms with Gasteiger partial charge in [-0.05, 0) is 40.8 Å². The third-order valence-electron chi connectivity index (χ3n) is 3.24. The molecule has 1 atom stereocenters. The van der Waals surface area contributed by atoms with Gasteiger partial charge in [0.25, 0.3) is 0 Å². The van der Waals surface area contributed by atoms with Crippen LogP contribution in [-0.4, -0.2) is 11.4 Å². The topological polar surface area (TPSA) is 20.2 Å². The van der Waals surface area contributed by atoms with Crippen molar-refractivity contribution < 1.29 is 5.11 Å². The lowest BCUT2D eigenvalue weighted by atomic mass is 10.0. The zero-order valence-electron chi connectivity index (χ0n) is 10.5. The molecule has 0 saturated heterocycles. The Balaban J connectivity index is 2.00. The summed E-state index contributed by atoms with van der Waals surface area (Å²) in [6.45, 7) is 0. The van der Waals surface area contributed by atoms with Gasteiger partial charge in [-0.2, -0.15) is 0 Å². The highest BCUT2D eigenvalue weighted by Gasteiger charge is 2.14. The van der Waals surface area contributed by atoms with Crippen molar-refractivity contribution in [3.8, 4) is 0 Å². The molecule has 2 aromatic carbocycles. The number of rotatable bonds is 3. The molecule has 1 unspecified atom stereocenters. The van der Waals surface area contributed by atoms with E-state index in [4.69, 9.17) is 0 Å². The lowest BCUT2D eigenvalue weighted by molar-refractivity contribution is 0.222. The van der Waals surface area contributed by atoms with Crippen LogP contribution in [0.15, 0.2) is 58.8 Å². The van der Waals surface area contributed by atoms with Crippen LogP contribution in [0, 0.1) is 0 Å². The zero-order chi connectivity index (χ0) is 13.2. The fraction of sp³-hybridized carbons (Fsp3) is 0.125.